The van der Waals surface area contributed by atoms with Crippen molar-refractivity contribution >= 4 is 10.2 Å². The number of hydrogen-bond donors (Lipinski definition) is 2. The lowest BCUT2D eigenvalue weighted by Crippen LogP contribution is -2.42. The van der Waals surface area contributed by atoms with Crippen molar-refractivity contribution in [1.82, 2.24) is 13.9 Å². The van der Waals surface area contributed by atoms with Crippen LogP contribution >= 0.6 is 0 Å². The standard InChI is InChI=1S/C10H24N4O2S/c1-13(10-4-5-10)9-7-12-17(15,16)14(2)8-3-6-11/h10,12H,3-9,11H2,1-2H3. The van der Waals surface area contributed by atoms with Gasteiger partial charge in [-0.1, -0.05) is 0 Å². The third kappa shape index (κ3) is 5.31. The molecule has 17 heavy (non-hydrogen) atoms. The first-order valence-electron chi connectivity index (χ1n) is 6.08. The van der Waals surface area contributed by atoms with Crippen molar-refractivity contribution in [2.45, 2.75) is 25.3 Å². The maximum absolute atomic E-state index is 11.8. The van der Waals surface area contributed by atoms with Gasteiger partial charge in [0.25, 0.3) is 10.2 Å². The number of nitrogens with two attached hydrogens (primary N) is 1. The molecule has 1 aliphatic rings. The maximum Gasteiger partial charge on any atom is 0.279 e. The molecule has 0 aromatic carbocycles. The van der Waals surface area contributed by atoms with E-state index in [0.717, 1.165) is 6.54 Å². The topological polar surface area (TPSA) is 78.7 Å². The molecule has 0 aromatic heterocycles. The van der Waals surface area contributed by atoms with E-state index in [-0.39, 0.29) is 0 Å². The average molecular weight is 264 g/mol. The first kappa shape index (κ1) is 14.8. The zero-order valence-electron chi connectivity index (χ0n) is 10.7. The lowest BCUT2D eigenvalue weighted by molar-refractivity contribution is 0.327. The van der Waals surface area contributed by atoms with E-state index in [0.29, 0.717) is 32.1 Å². The minimum absolute atomic E-state index is 0.461. The molecule has 0 aromatic rings. The van der Waals surface area contributed by atoms with Crippen LogP contribution in [0.15, 0.2) is 0 Å². The van der Waals surface area contributed by atoms with E-state index in [1.165, 1.54) is 17.1 Å². The van der Waals surface area contributed by atoms with E-state index in [2.05, 4.69) is 9.62 Å². The molecule has 0 saturated heterocycles. The fourth-order valence-corrected chi connectivity index (χ4v) is 2.53. The van der Waals surface area contributed by atoms with Crippen LogP contribution < -0.4 is 10.5 Å². The van der Waals surface area contributed by atoms with Crippen LogP contribution in [-0.4, -0.2) is 63.9 Å². The number of hydrogen-bond acceptors (Lipinski definition) is 4. The van der Waals surface area contributed by atoms with Gasteiger partial charge in [-0.05, 0) is 32.9 Å². The van der Waals surface area contributed by atoms with Gasteiger partial charge >= 0.3 is 0 Å². The Morgan fingerprint density at radius 1 is 1.29 bits per heavy atom. The van der Waals surface area contributed by atoms with E-state index in [4.69, 9.17) is 5.73 Å². The van der Waals surface area contributed by atoms with Gasteiger partial charge in [-0.2, -0.15) is 12.7 Å². The lowest BCUT2D eigenvalue weighted by Gasteiger charge is -2.19. The van der Waals surface area contributed by atoms with Crippen molar-refractivity contribution in [3.63, 3.8) is 0 Å². The molecule has 6 nitrogen and oxygen atoms in total. The normalized spacial score (nSPS) is 17.0. The Labute approximate surface area is 104 Å². The second-order valence-corrected chi connectivity index (χ2v) is 6.44. The van der Waals surface area contributed by atoms with E-state index >= 15 is 0 Å². The predicted molar refractivity (Wildman–Crippen MR) is 68.9 cm³/mol. The molecule has 0 radical (unpaired) electrons. The smallest absolute Gasteiger partial charge is 0.279 e. The molecule has 0 aliphatic heterocycles. The van der Waals surface area contributed by atoms with Crippen LogP contribution in [0, 0.1) is 0 Å². The van der Waals surface area contributed by atoms with Crippen molar-refractivity contribution in [3.05, 3.63) is 0 Å². The summed E-state index contributed by atoms with van der Waals surface area (Å²) in [4.78, 5) is 2.20. The highest BCUT2D eigenvalue weighted by Crippen LogP contribution is 2.24. The Morgan fingerprint density at radius 3 is 2.47 bits per heavy atom. The SMILES string of the molecule is CN(CCNS(=O)(=O)N(C)CCCN)C1CC1. The summed E-state index contributed by atoms with van der Waals surface area (Å²) in [6.07, 6.45) is 3.15. The molecule has 102 valence electrons. The van der Waals surface area contributed by atoms with Gasteiger partial charge in [0, 0.05) is 32.7 Å². The minimum Gasteiger partial charge on any atom is -0.330 e. The largest absolute Gasteiger partial charge is 0.330 e. The van der Waals surface area contributed by atoms with Gasteiger partial charge in [-0.15, -0.1) is 0 Å². The first-order chi connectivity index (χ1) is 7.97. The molecule has 0 amide bonds. The molecule has 0 spiro atoms. The Balaban J connectivity index is 2.23. The van der Waals surface area contributed by atoms with Crippen LogP contribution in [0.5, 0.6) is 0 Å². The monoisotopic (exact) mass is 264 g/mol. The Kier molecular flexibility index (Phi) is 5.81. The average Bonchev–Trinajstić information content (AvgIpc) is 3.09. The summed E-state index contributed by atoms with van der Waals surface area (Å²) in [7, 11) is 0.271. The number of rotatable bonds is 9. The summed E-state index contributed by atoms with van der Waals surface area (Å²) in [6, 6.07) is 0.662. The van der Waals surface area contributed by atoms with Crippen molar-refractivity contribution in [2.75, 3.05) is 40.3 Å². The summed E-state index contributed by atoms with van der Waals surface area (Å²) in [5.74, 6) is 0. The summed E-state index contributed by atoms with van der Waals surface area (Å²) in [6.45, 7) is 2.19. The van der Waals surface area contributed by atoms with Crippen molar-refractivity contribution < 1.29 is 8.42 Å². The minimum atomic E-state index is -3.33. The molecule has 1 saturated carbocycles. The lowest BCUT2D eigenvalue weighted by atomic mass is 10.4. The molecule has 0 unspecified atom stereocenters. The second-order valence-electron chi connectivity index (χ2n) is 4.57. The summed E-state index contributed by atoms with van der Waals surface area (Å²) in [5, 5.41) is 0. The zero-order valence-corrected chi connectivity index (χ0v) is 11.5. The van der Waals surface area contributed by atoms with Crippen LogP contribution in [0.25, 0.3) is 0 Å². The van der Waals surface area contributed by atoms with Crippen molar-refractivity contribution in [3.8, 4) is 0 Å². The molecule has 3 N–H and O–H groups in total. The van der Waals surface area contributed by atoms with Gasteiger partial charge in [0.2, 0.25) is 0 Å². The van der Waals surface area contributed by atoms with Crippen LogP contribution in [0.2, 0.25) is 0 Å². The summed E-state index contributed by atoms with van der Waals surface area (Å²) in [5.41, 5.74) is 5.35. The van der Waals surface area contributed by atoms with E-state index < -0.39 is 10.2 Å². The fourth-order valence-electron chi connectivity index (χ4n) is 1.59. The molecule has 0 atom stereocenters. The number of nitrogens with zero attached hydrogens (tertiary/aromatic N) is 2. The summed E-state index contributed by atoms with van der Waals surface area (Å²) < 4.78 is 27.4. The van der Waals surface area contributed by atoms with Crippen molar-refractivity contribution in [2.24, 2.45) is 5.73 Å². The van der Waals surface area contributed by atoms with Gasteiger partial charge in [-0.3, -0.25) is 0 Å². The Bertz CT molecular complexity index is 316. The van der Waals surface area contributed by atoms with E-state index in [1.54, 1.807) is 7.05 Å². The molecule has 0 bridgehead atoms. The molecule has 1 fully saturated rings. The fraction of sp³-hybridized carbons (Fsp3) is 1.00. The predicted octanol–water partition coefficient (Wildman–Crippen LogP) is -0.804. The summed E-state index contributed by atoms with van der Waals surface area (Å²) >= 11 is 0. The highest BCUT2D eigenvalue weighted by Gasteiger charge is 2.26. The molecule has 0 heterocycles. The van der Waals surface area contributed by atoms with Gasteiger partial charge in [0.15, 0.2) is 0 Å². The highest BCUT2D eigenvalue weighted by molar-refractivity contribution is 7.87. The van der Waals surface area contributed by atoms with Gasteiger partial charge in [0.1, 0.15) is 0 Å². The zero-order chi connectivity index (χ0) is 12.9. The van der Waals surface area contributed by atoms with Crippen LogP contribution in [0.1, 0.15) is 19.3 Å². The third-order valence-corrected chi connectivity index (χ3v) is 4.58. The van der Waals surface area contributed by atoms with Gasteiger partial charge < -0.3 is 10.6 Å². The highest BCUT2D eigenvalue weighted by atomic mass is 32.2. The van der Waals surface area contributed by atoms with Crippen LogP contribution in [0.4, 0.5) is 0 Å². The third-order valence-electron chi connectivity index (χ3n) is 3.01. The van der Waals surface area contributed by atoms with Gasteiger partial charge in [0.05, 0.1) is 0 Å². The van der Waals surface area contributed by atoms with E-state index in [9.17, 15) is 8.42 Å². The van der Waals surface area contributed by atoms with Gasteiger partial charge in [-0.25, -0.2) is 4.72 Å². The van der Waals surface area contributed by atoms with Crippen LogP contribution in [-0.2, 0) is 10.2 Å². The molecule has 7 heteroatoms. The Hall–Kier alpha value is -0.210. The second kappa shape index (κ2) is 6.65. The molecular weight excluding hydrogens is 240 g/mol. The van der Waals surface area contributed by atoms with Crippen molar-refractivity contribution in [1.29, 1.82) is 0 Å². The molecular formula is C10H24N4O2S. The molecule has 1 aliphatic carbocycles. The maximum atomic E-state index is 11.8. The Morgan fingerprint density at radius 2 is 1.94 bits per heavy atom. The number of nitrogens with one attached hydrogen (secondary N) is 1. The van der Waals surface area contributed by atoms with E-state index in [1.807, 2.05) is 7.05 Å². The molecule has 1 rings (SSSR count). The quantitative estimate of drug-likeness (QED) is 0.571. The number of likely N-dealkylation sites (N-methyl/N-ethyl adjacent to an activating group) is 1. The first-order valence-corrected chi connectivity index (χ1v) is 7.52. The van der Waals surface area contributed by atoms with Crippen LogP contribution in [0.3, 0.4) is 0 Å².